The van der Waals surface area contributed by atoms with Crippen LogP contribution in [0.25, 0.3) is 10.2 Å². The SMILES string of the molecule is CC1CCN(Cc2nc(SC3CCCC3)c3c4c(sc3n2)CCC4)CC1. The topological polar surface area (TPSA) is 29.0 Å². The minimum absolute atomic E-state index is 0.772. The van der Waals surface area contributed by atoms with Crippen molar-refractivity contribution in [3.05, 3.63) is 16.3 Å². The number of nitrogens with zero attached hydrogens (tertiary/aromatic N) is 3. The molecule has 5 rings (SSSR count). The number of thioether (sulfide) groups is 1. The molecule has 2 fully saturated rings. The molecule has 2 aliphatic carbocycles. The number of piperidine rings is 1. The number of hydrogen-bond acceptors (Lipinski definition) is 5. The Balaban J connectivity index is 1.47. The standard InChI is InChI=1S/C21H29N3S2/c1-14-9-11-24(12-10-14)13-18-22-20(25-15-5-2-3-6-15)19-16-7-4-8-17(16)26-21(19)23-18/h14-15H,2-13H2,1H3. The fourth-order valence-corrected chi connectivity index (χ4v) is 7.47. The zero-order chi connectivity index (χ0) is 17.5. The van der Waals surface area contributed by atoms with Gasteiger partial charge in [-0.05, 0) is 69.5 Å². The minimum Gasteiger partial charge on any atom is -0.296 e. The second-order valence-electron chi connectivity index (χ2n) is 8.47. The Labute approximate surface area is 165 Å². The number of aryl methyl sites for hydroxylation is 2. The number of hydrogen-bond donors (Lipinski definition) is 0. The van der Waals surface area contributed by atoms with E-state index in [0.717, 1.165) is 23.5 Å². The van der Waals surface area contributed by atoms with E-state index in [4.69, 9.17) is 9.97 Å². The molecular weight excluding hydrogens is 358 g/mol. The van der Waals surface area contributed by atoms with Crippen LogP contribution in [0.2, 0.25) is 0 Å². The molecule has 0 aromatic carbocycles. The van der Waals surface area contributed by atoms with E-state index in [0.29, 0.717) is 0 Å². The first-order valence-electron chi connectivity index (χ1n) is 10.5. The molecule has 1 saturated carbocycles. The van der Waals surface area contributed by atoms with Crippen molar-refractivity contribution >= 4 is 33.3 Å². The molecule has 26 heavy (non-hydrogen) atoms. The van der Waals surface area contributed by atoms with Crippen LogP contribution >= 0.6 is 23.1 Å². The smallest absolute Gasteiger partial charge is 0.145 e. The molecule has 3 heterocycles. The van der Waals surface area contributed by atoms with Crippen LogP contribution in [-0.2, 0) is 19.4 Å². The average Bonchev–Trinajstić information content (AvgIpc) is 3.34. The molecule has 0 N–H and O–H groups in total. The van der Waals surface area contributed by atoms with Crippen molar-refractivity contribution < 1.29 is 0 Å². The van der Waals surface area contributed by atoms with Crippen molar-refractivity contribution in [2.75, 3.05) is 13.1 Å². The fraction of sp³-hybridized carbons (Fsp3) is 0.714. The summed E-state index contributed by atoms with van der Waals surface area (Å²) in [4.78, 5) is 15.6. The van der Waals surface area contributed by atoms with Gasteiger partial charge < -0.3 is 0 Å². The third kappa shape index (κ3) is 3.43. The lowest BCUT2D eigenvalue weighted by Gasteiger charge is -2.29. The molecule has 2 aromatic rings. The Hall–Kier alpha value is -0.650. The van der Waals surface area contributed by atoms with E-state index in [2.05, 4.69) is 23.6 Å². The Kier molecular flexibility index (Phi) is 4.97. The van der Waals surface area contributed by atoms with E-state index < -0.39 is 0 Å². The van der Waals surface area contributed by atoms with E-state index in [1.54, 1.807) is 10.4 Å². The normalized spacial score (nSPS) is 22.5. The molecule has 0 atom stereocenters. The van der Waals surface area contributed by atoms with Crippen LogP contribution in [0, 0.1) is 5.92 Å². The van der Waals surface area contributed by atoms with Crippen molar-refractivity contribution in [1.82, 2.24) is 14.9 Å². The summed E-state index contributed by atoms with van der Waals surface area (Å²) in [6.45, 7) is 5.72. The summed E-state index contributed by atoms with van der Waals surface area (Å²) in [5, 5.41) is 3.51. The second kappa shape index (κ2) is 7.40. The van der Waals surface area contributed by atoms with Gasteiger partial charge in [0.05, 0.1) is 6.54 Å². The van der Waals surface area contributed by atoms with E-state index in [9.17, 15) is 0 Å². The zero-order valence-corrected chi connectivity index (χ0v) is 17.4. The van der Waals surface area contributed by atoms with Crippen molar-refractivity contribution in [3.63, 3.8) is 0 Å². The van der Waals surface area contributed by atoms with Crippen LogP contribution in [0.15, 0.2) is 5.03 Å². The van der Waals surface area contributed by atoms with Gasteiger partial charge in [0.1, 0.15) is 15.7 Å². The molecule has 3 aliphatic rings. The summed E-state index contributed by atoms with van der Waals surface area (Å²) >= 11 is 4.02. The first kappa shape index (κ1) is 17.4. The van der Waals surface area contributed by atoms with Gasteiger partial charge in [-0.2, -0.15) is 0 Å². The van der Waals surface area contributed by atoms with E-state index in [-0.39, 0.29) is 0 Å². The lowest BCUT2D eigenvalue weighted by atomic mass is 9.99. The third-order valence-electron chi connectivity index (χ3n) is 6.40. The van der Waals surface area contributed by atoms with Gasteiger partial charge in [0.25, 0.3) is 0 Å². The van der Waals surface area contributed by atoms with Crippen LogP contribution in [0.1, 0.15) is 68.1 Å². The molecule has 2 aromatic heterocycles. The molecule has 0 bridgehead atoms. The second-order valence-corrected chi connectivity index (χ2v) is 10.8. The number of likely N-dealkylation sites (tertiary alicyclic amines) is 1. The van der Waals surface area contributed by atoms with Crippen molar-refractivity contribution in [2.45, 2.75) is 81.5 Å². The predicted molar refractivity (Wildman–Crippen MR) is 111 cm³/mol. The molecule has 1 aliphatic heterocycles. The van der Waals surface area contributed by atoms with Gasteiger partial charge in [-0.3, -0.25) is 4.90 Å². The van der Waals surface area contributed by atoms with Crippen LogP contribution in [-0.4, -0.2) is 33.2 Å². The maximum Gasteiger partial charge on any atom is 0.145 e. The molecular formula is C21H29N3S2. The Morgan fingerprint density at radius 1 is 1.04 bits per heavy atom. The van der Waals surface area contributed by atoms with Gasteiger partial charge in [0.2, 0.25) is 0 Å². The van der Waals surface area contributed by atoms with E-state index in [1.165, 1.54) is 86.1 Å². The summed E-state index contributed by atoms with van der Waals surface area (Å²) in [6, 6.07) is 0. The van der Waals surface area contributed by atoms with Gasteiger partial charge in [-0.25, -0.2) is 9.97 Å². The summed E-state index contributed by atoms with van der Waals surface area (Å²) < 4.78 is 0. The molecule has 0 amide bonds. The van der Waals surface area contributed by atoms with Crippen LogP contribution < -0.4 is 0 Å². The van der Waals surface area contributed by atoms with Crippen molar-refractivity contribution in [1.29, 1.82) is 0 Å². The molecule has 3 nitrogen and oxygen atoms in total. The Bertz CT molecular complexity index is 786. The first-order chi connectivity index (χ1) is 12.8. The molecule has 0 spiro atoms. The largest absolute Gasteiger partial charge is 0.296 e. The van der Waals surface area contributed by atoms with Crippen LogP contribution in [0.4, 0.5) is 0 Å². The third-order valence-corrected chi connectivity index (χ3v) is 8.91. The lowest BCUT2D eigenvalue weighted by Crippen LogP contribution is -2.33. The summed E-state index contributed by atoms with van der Waals surface area (Å²) in [7, 11) is 0. The number of fused-ring (bicyclic) bond motifs is 3. The molecule has 140 valence electrons. The molecule has 1 saturated heterocycles. The van der Waals surface area contributed by atoms with Crippen LogP contribution in [0.5, 0.6) is 0 Å². The quantitative estimate of drug-likeness (QED) is 0.653. The number of thiophene rings is 1. The highest BCUT2D eigenvalue weighted by Gasteiger charge is 2.26. The highest BCUT2D eigenvalue weighted by molar-refractivity contribution is 8.00. The highest BCUT2D eigenvalue weighted by atomic mass is 32.2. The molecule has 0 radical (unpaired) electrons. The zero-order valence-electron chi connectivity index (χ0n) is 15.8. The summed E-state index contributed by atoms with van der Waals surface area (Å²) in [5.74, 6) is 1.94. The molecule has 0 unspecified atom stereocenters. The van der Waals surface area contributed by atoms with Gasteiger partial charge >= 0.3 is 0 Å². The van der Waals surface area contributed by atoms with Gasteiger partial charge in [0, 0.05) is 15.5 Å². The molecule has 5 heteroatoms. The Morgan fingerprint density at radius 3 is 2.65 bits per heavy atom. The van der Waals surface area contributed by atoms with Crippen molar-refractivity contribution in [3.8, 4) is 0 Å². The minimum atomic E-state index is 0.772. The monoisotopic (exact) mass is 387 g/mol. The predicted octanol–water partition coefficient (Wildman–Crippen LogP) is 5.45. The highest BCUT2D eigenvalue weighted by Crippen LogP contribution is 2.43. The number of aromatic nitrogens is 2. The van der Waals surface area contributed by atoms with Gasteiger partial charge in [-0.1, -0.05) is 19.8 Å². The van der Waals surface area contributed by atoms with Gasteiger partial charge in [-0.15, -0.1) is 23.1 Å². The van der Waals surface area contributed by atoms with E-state index in [1.807, 2.05) is 11.3 Å². The lowest BCUT2D eigenvalue weighted by molar-refractivity contribution is 0.181. The average molecular weight is 388 g/mol. The summed E-state index contributed by atoms with van der Waals surface area (Å²) in [5.41, 5.74) is 1.59. The maximum absolute atomic E-state index is 5.14. The number of rotatable bonds is 4. The Morgan fingerprint density at radius 2 is 1.85 bits per heavy atom. The van der Waals surface area contributed by atoms with Gasteiger partial charge in [0.15, 0.2) is 0 Å². The maximum atomic E-state index is 5.14. The summed E-state index contributed by atoms with van der Waals surface area (Å²) in [6.07, 6.45) is 12.0. The fourth-order valence-electron chi connectivity index (χ4n) is 4.74. The first-order valence-corrected chi connectivity index (χ1v) is 12.2. The van der Waals surface area contributed by atoms with E-state index >= 15 is 0 Å². The van der Waals surface area contributed by atoms with Crippen LogP contribution in [0.3, 0.4) is 0 Å². The van der Waals surface area contributed by atoms with Crippen molar-refractivity contribution in [2.24, 2.45) is 5.92 Å².